The van der Waals surface area contributed by atoms with E-state index >= 15 is 0 Å². The minimum Gasteiger partial charge on any atom is -0.366 e. The van der Waals surface area contributed by atoms with Gasteiger partial charge in [-0.2, -0.15) is 10.1 Å². The van der Waals surface area contributed by atoms with Gasteiger partial charge in [-0.25, -0.2) is 4.68 Å². The molecule has 1 aliphatic heterocycles. The van der Waals surface area contributed by atoms with Crippen LogP contribution < -0.4 is 11.1 Å². The molecule has 0 radical (unpaired) electrons. The number of nitrogens with two attached hydrogens (primary N) is 1. The lowest BCUT2D eigenvalue weighted by atomic mass is 9.95. The van der Waals surface area contributed by atoms with Crippen LogP contribution in [0, 0.1) is 0 Å². The number of aromatic nitrogens is 3. The van der Waals surface area contributed by atoms with E-state index in [1.54, 1.807) is 17.7 Å². The van der Waals surface area contributed by atoms with Crippen LogP contribution in [0.3, 0.4) is 0 Å². The lowest BCUT2D eigenvalue weighted by molar-refractivity contribution is -0.115. The fraction of sp³-hybridized carbons (Fsp3) is 0.154. The number of carbonyl (C=O) groups excluding carboxylic acids is 1. The van der Waals surface area contributed by atoms with E-state index in [1.165, 1.54) is 6.33 Å². The summed E-state index contributed by atoms with van der Waals surface area (Å²) in [7, 11) is 0. The highest BCUT2D eigenvalue weighted by atomic mass is 35.5. The van der Waals surface area contributed by atoms with Gasteiger partial charge in [-0.15, -0.1) is 0 Å². The molecule has 102 valence electrons. The zero-order valence-electron chi connectivity index (χ0n) is 10.7. The number of primary amides is 1. The van der Waals surface area contributed by atoms with Gasteiger partial charge in [0.2, 0.25) is 11.9 Å². The summed E-state index contributed by atoms with van der Waals surface area (Å²) < 4.78 is 1.61. The van der Waals surface area contributed by atoms with Gasteiger partial charge in [-0.05, 0) is 13.0 Å². The van der Waals surface area contributed by atoms with Gasteiger partial charge in [0.25, 0.3) is 0 Å². The molecule has 2 aromatic rings. The Morgan fingerprint density at radius 2 is 2.20 bits per heavy atom. The maximum Gasteiger partial charge on any atom is 0.248 e. The third-order valence-corrected chi connectivity index (χ3v) is 3.60. The molecule has 0 spiro atoms. The summed E-state index contributed by atoms with van der Waals surface area (Å²) in [6.45, 7) is 1.78. The fourth-order valence-electron chi connectivity index (χ4n) is 2.39. The molecule has 7 heteroatoms. The van der Waals surface area contributed by atoms with E-state index < -0.39 is 11.9 Å². The van der Waals surface area contributed by atoms with Crippen molar-refractivity contribution in [1.29, 1.82) is 0 Å². The molecular formula is C13H12ClN5O. The highest BCUT2D eigenvalue weighted by molar-refractivity contribution is 6.31. The van der Waals surface area contributed by atoms with Crippen LogP contribution in [-0.2, 0) is 4.79 Å². The number of hydrogen-bond acceptors (Lipinski definition) is 4. The summed E-state index contributed by atoms with van der Waals surface area (Å²) in [6, 6.07) is 6.83. The van der Waals surface area contributed by atoms with Crippen LogP contribution in [0.4, 0.5) is 5.95 Å². The molecule has 0 saturated carbocycles. The first-order valence-electron chi connectivity index (χ1n) is 6.01. The summed E-state index contributed by atoms with van der Waals surface area (Å²) in [6.07, 6.45) is 1.42. The Labute approximate surface area is 120 Å². The van der Waals surface area contributed by atoms with Gasteiger partial charge in [0, 0.05) is 16.3 Å². The zero-order chi connectivity index (χ0) is 14.3. The average molecular weight is 290 g/mol. The first-order valence-corrected chi connectivity index (χ1v) is 6.39. The van der Waals surface area contributed by atoms with Gasteiger partial charge in [-0.3, -0.25) is 4.79 Å². The third kappa shape index (κ3) is 1.85. The van der Waals surface area contributed by atoms with Crippen LogP contribution in [0.1, 0.15) is 18.5 Å². The molecule has 6 nitrogen and oxygen atoms in total. The molecule has 1 unspecified atom stereocenters. The number of rotatable bonds is 2. The van der Waals surface area contributed by atoms with Crippen LogP contribution in [0.15, 0.2) is 41.9 Å². The summed E-state index contributed by atoms with van der Waals surface area (Å²) >= 11 is 6.25. The van der Waals surface area contributed by atoms with E-state index in [-0.39, 0.29) is 0 Å². The molecule has 1 amide bonds. The number of anilines is 1. The number of benzene rings is 1. The predicted octanol–water partition coefficient (Wildman–Crippen LogP) is 1.71. The SMILES string of the molecule is CC1=C(C(N)=O)C(c2ccccc2Cl)n2ncnc2N1. The van der Waals surface area contributed by atoms with Crippen molar-refractivity contribution in [2.75, 3.05) is 5.32 Å². The van der Waals surface area contributed by atoms with Gasteiger partial charge in [0.1, 0.15) is 12.4 Å². The molecule has 3 rings (SSSR count). The van der Waals surface area contributed by atoms with E-state index in [1.807, 2.05) is 18.2 Å². The smallest absolute Gasteiger partial charge is 0.248 e. The van der Waals surface area contributed by atoms with E-state index in [0.29, 0.717) is 22.2 Å². The maximum absolute atomic E-state index is 11.8. The molecular weight excluding hydrogens is 278 g/mol. The molecule has 20 heavy (non-hydrogen) atoms. The quantitative estimate of drug-likeness (QED) is 0.881. The van der Waals surface area contributed by atoms with Crippen molar-refractivity contribution >= 4 is 23.5 Å². The lowest BCUT2D eigenvalue weighted by Crippen LogP contribution is -2.32. The molecule has 1 aliphatic rings. The van der Waals surface area contributed by atoms with Crippen LogP contribution >= 0.6 is 11.6 Å². The first kappa shape index (κ1) is 12.7. The van der Waals surface area contributed by atoms with Crippen LogP contribution in [-0.4, -0.2) is 20.7 Å². The zero-order valence-corrected chi connectivity index (χ0v) is 11.4. The second kappa shape index (κ2) is 4.64. The van der Waals surface area contributed by atoms with E-state index in [9.17, 15) is 4.79 Å². The molecule has 1 aromatic heterocycles. The van der Waals surface area contributed by atoms with Crippen molar-refractivity contribution in [1.82, 2.24) is 14.8 Å². The third-order valence-electron chi connectivity index (χ3n) is 3.26. The second-order valence-corrected chi connectivity index (χ2v) is 4.89. The summed E-state index contributed by atoms with van der Waals surface area (Å²) in [5.41, 5.74) is 7.36. The van der Waals surface area contributed by atoms with E-state index in [2.05, 4.69) is 15.4 Å². The Balaban J connectivity index is 2.25. The lowest BCUT2D eigenvalue weighted by Gasteiger charge is -2.28. The van der Waals surface area contributed by atoms with Gasteiger partial charge >= 0.3 is 0 Å². The number of amides is 1. The normalized spacial score (nSPS) is 17.6. The Hall–Kier alpha value is -2.34. The van der Waals surface area contributed by atoms with Gasteiger partial charge < -0.3 is 11.1 Å². The minimum absolute atomic E-state index is 0.427. The number of nitrogens with one attached hydrogen (secondary N) is 1. The number of halogens is 1. The van der Waals surface area contributed by atoms with Crippen molar-refractivity contribution in [3.63, 3.8) is 0 Å². The van der Waals surface area contributed by atoms with E-state index in [0.717, 1.165) is 5.56 Å². The number of hydrogen-bond donors (Lipinski definition) is 2. The van der Waals surface area contributed by atoms with Crippen molar-refractivity contribution in [3.8, 4) is 0 Å². The molecule has 2 heterocycles. The average Bonchev–Trinajstić information content (AvgIpc) is 2.85. The molecule has 0 bridgehead atoms. The number of nitrogens with zero attached hydrogens (tertiary/aromatic N) is 3. The van der Waals surface area contributed by atoms with Crippen LogP contribution in [0.25, 0.3) is 0 Å². The molecule has 0 fully saturated rings. The topological polar surface area (TPSA) is 85.8 Å². The standard InChI is InChI=1S/C13H12ClN5O/c1-7-10(12(15)20)11(8-4-2-3-5-9(8)14)19-13(18-7)16-6-17-19/h2-6,11H,1H3,(H2,15,20)(H,16,17,18). The van der Waals surface area contributed by atoms with Crippen molar-refractivity contribution in [3.05, 3.63) is 52.4 Å². The Morgan fingerprint density at radius 3 is 2.90 bits per heavy atom. The summed E-state index contributed by atoms with van der Waals surface area (Å²) in [4.78, 5) is 15.9. The van der Waals surface area contributed by atoms with Crippen molar-refractivity contribution in [2.24, 2.45) is 5.73 Å². The molecule has 1 aromatic carbocycles. The Morgan fingerprint density at radius 1 is 1.45 bits per heavy atom. The fourth-order valence-corrected chi connectivity index (χ4v) is 2.63. The molecule has 1 atom stereocenters. The molecule has 0 saturated heterocycles. The molecule has 0 aliphatic carbocycles. The van der Waals surface area contributed by atoms with Gasteiger partial charge in [0.15, 0.2) is 0 Å². The van der Waals surface area contributed by atoms with Crippen molar-refractivity contribution in [2.45, 2.75) is 13.0 Å². The highest BCUT2D eigenvalue weighted by Gasteiger charge is 2.33. The number of allylic oxidation sites excluding steroid dienone is 1. The Bertz CT molecular complexity index is 721. The maximum atomic E-state index is 11.8. The van der Waals surface area contributed by atoms with Gasteiger partial charge in [0.05, 0.1) is 5.57 Å². The minimum atomic E-state index is -0.513. The second-order valence-electron chi connectivity index (χ2n) is 4.48. The van der Waals surface area contributed by atoms with Crippen molar-refractivity contribution < 1.29 is 4.79 Å². The van der Waals surface area contributed by atoms with Gasteiger partial charge in [-0.1, -0.05) is 29.8 Å². The molecule has 3 N–H and O–H groups in total. The first-order chi connectivity index (χ1) is 9.59. The van der Waals surface area contributed by atoms with Crippen LogP contribution in [0.5, 0.6) is 0 Å². The predicted molar refractivity (Wildman–Crippen MR) is 75.1 cm³/mol. The number of fused-ring (bicyclic) bond motifs is 1. The summed E-state index contributed by atoms with van der Waals surface area (Å²) in [5.74, 6) is 0.0403. The van der Waals surface area contributed by atoms with Crippen LogP contribution in [0.2, 0.25) is 5.02 Å². The largest absolute Gasteiger partial charge is 0.366 e. The highest BCUT2D eigenvalue weighted by Crippen LogP contribution is 2.37. The monoisotopic (exact) mass is 289 g/mol. The Kier molecular flexibility index (Phi) is 2.94. The van der Waals surface area contributed by atoms with E-state index in [4.69, 9.17) is 17.3 Å². The summed E-state index contributed by atoms with van der Waals surface area (Å²) in [5, 5.41) is 7.73. The number of carbonyl (C=O) groups is 1.